The van der Waals surface area contributed by atoms with Crippen molar-refractivity contribution >= 4 is 34.8 Å². The molecule has 0 heterocycles. The average molecular weight is 367 g/mol. The number of anilines is 2. The highest BCUT2D eigenvalue weighted by Gasteiger charge is 2.12. The van der Waals surface area contributed by atoms with Gasteiger partial charge in [-0.3, -0.25) is 9.59 Å². The van der Waals surface area contributed by atoms with E-state index in [9.17, 15) is 14.7 Å². The van der Waals surface area contributed by atoms with Gasteiger partial charge in [-0.15, -0.1) is 0 Å². The topological polar surface area (TPSA) is 78.4 Å². The fourth-order valence-corrected chi connectivity index (χ4v) is 2.60. The maximum atomic E-state index is 12.3. The van der Waals surface area contributed by atoms with Crippen LogP contribution >= 0.6 is 11.6 Å². The summed E-state index contributed by atoms with van der Waals surface area (Å²) in [7, 11) is 0. The van der Waals surface area contributed by atoms with Crippen LogP contribution in [-0.4, -0.2) is 16.9 Å². The highest BCUT2D eigenvalue weighted by Crippen LogP contribution is 2.21. The number of para-hydroxylation sites is 1. The van der Waals surface area contributed by atoms with Gasteiger partial charge in [-0.2, -0.15) is 0 Å². The van der Waals surface area contributed by atoms with Gasteiger partial charge in [0.1, 0.15) is 5.75 Å². The first kappa shape index (κ1) is 17.5. The minimum Gasteiger partial charge on any atom is -0.507 e. The number of hydrogen-bond acceptors (Lipinski definition) is 3. The van der Waals surface area contributed by atoms with Crippen molar-refractivity contribution in [2.45, 2.75) is 0 Å². The molecule has 0 aliphatic carbocycles. The van der Waals surface area contributed by atoms with Crippen LogP contribution in [0.1, 0.15) is 20.7 Å². The number of hydrogen-bond donors (Lipinski definition) is 3. The summed E-state index contributed by atoms with van der Waals surface area (Å²) in [5, 5.41) is 15.5. The molecule has 5 nitrogen and oxygen atoms in total. The molecular formula is C20H15ClN2O3. The van der Waals surface area contributed by atoms with Crippen LogP contribution in [0.3, 0.4) is 0 Å². The minimum atomic E-state index is -0.447. The molecule has 3 aromatic carbocycles. The molecule has 0 unspecified atom stereocenters. The molecule has 0 bridgehead atoms. The van der Waals surface area contributed by atoms with E-state index in [2.05, 4.69) is 10.6 Å². The number of amides is 2. The van der Waals surface area contributed by atoms with Crippen molar-refractivity contribution in [3.63, 3.8) is 0 Å². The zero-order valence-corrected chi connectivity index (χ0v) is 14.3. The van der Waals surface area contributed by atoms with Gasteiger partial charge in [0.05, 0.1) is 16.1 Å². The summed E-state index contributed by atoms with van der Waals surface area (Å²) in [4.78, 5) is 24.6. The van der Waals surface area contributed by atoms with Gasteiger partial charge in [-0.25, -0.2) is 0 Å². The standard InChI is InChI=1S/C20H15ClN2O3/c21-17-10-3-1-8-15(17)19(25)22-13-6-5-7-14(12-13)23-20(26)16-9-2-4-11-18(16)24/h1-12,24H,(H,22,25)(H,23,26). The fraction of sp³-hybridized carbons (Fsp3) is 0. The van der Waals surface area contributed by atoms with Gasteiger partial charge in [0.2, 0.25) is 0 Å². The number of phenols is 1. The molecule has 0 atom stereocenters. The first-order chi connectivity index (χ1) is 12.5. The quantitative estimate of drug-likeness (QED) is 0.633. The number of carbonyl (C=O) groups excluding carboxylic acids is 2. The molecule has 0 aliphatic heterocycles. The van der Waals surface area contributed by atoms with Crippen LogP contribution in [0.25, 0.3) is 0 Å². The minimum absolute atomic E-state index is 0.104. The summed E-state index contributed by atoms with van der Waals surface area (Å²) in [5.41, 5.74) is 1.51. The molecule has 3 aromatic rings. The Balaban J connectivity index is 1.74. The highest BCUT2D eigenvalue weighted by atomic mass is 35.5. The molecule has 0 saturated heterocycles. The highest BCUT2D eigenvalue weighted by molar-refractivity contribution is 6.34. The molecule has 2 amide bonds. The Morgan fingerprint density at radius 2 is 1.27 bits per heavy atom. The summed E-state index contributed by atoms with van der Waals surface area (Å²) in [6.07, 6.45) is 0. The zero-order valence-electron chi connectivity index (χ0n) is 13.6. The van der Waals surface area contributed by atoms with Gasteiger partial charge in [-0.05, 0) is 42.5 Å². The number of halogens is 1. The van der Waals surface area contributed by atoms with Crippen molar-refractivity contribution in [3.8, 4) is 5.75 Å². The number of nitrogens with one attached hydrogen (secondary N) is 2. The molecule has 0 spiro atoms. The second-order valence-corrected chi connectivity index (χ2v) is 5.89. The fourth-order valence-electron chi connectivity index (χ4n) is 2.38. The van der Waals surface area contributed by atoms with Crippen LogP contribution in [0.4, 0.5) is 11.4 Å². The summed E-state index contributed by atoms with van der Waals surface area (Å²) >= 11 is 6.03. The Morgan fingerprint density at radius 1 is 0.731 bits per heavy atom. The normalized spacial score (nSPS) is 10.2. The van der Waals surface area contributed by atoms with E-state index in [1.807, 2.05) is 0 Å². The molecule has 0 saturated carbocycles. The number of rotatable bonds is 4. The Morgan fingerprint density at radius 3 is 1.88 bits per heavy atom. The lowest BCUT2D eigenvalue weighted by Gasteiger charge is -2.10. The zero-order chi connectivity index (χ0) is 18.5. The number of carbonyl (C=O) groups is 2. The number of phenolic OH excluding ortho intramolecular Hbond substituents is 1. The van der Waals surface area contributed by atoms with Crippen molar-refractivity contribution in [1.29, 1.82) is 0 Å². The lowest BCUT2D eigenvalue weighted by Crippen LogP contribution is -2.14. The molecule has 26 heavy (non-hydrogen) atoms. The van der Waals surface area contributed by atoms with Gasteiger partial charge in [-0.1, -0.05) is 41.9 Å². The van der Waals surface area contributed by atoms with Gasteiger partial charge < -0.3 is 15.7 Å². The number of benzene rings is 3. The van der Waals surface area contributed by atoms with Crippen LogP contribution in [-0.2, 0) is 0 Å². The summed E-state index contributed by atoms with van der Waals surface area (Å²) < 4.78 is 0. The average Bonchev–Trinajstić information content (AvgIpc) is 2.62. The summed E-state index contributed by atoms with van der Waals surface area (Å²) in [6, 6.07) is 19.7. The van der Waals surface area contributed by atoms with Crippen molar-refractivity contribution in [1.82, 2.24) is 0 Å². The maximum absolute atomic E-state index is 12.3. The molecule has 0 aliphatic rings. The molecular weight excluding hydrogens is 352 g/mol. The SMILES string of the molecule is O=C(Nc1cccc(NC(=O)c2ccccc2Cl)c1)c1ccccc1O. The molecule has 0 aromatic heterocycles. The van der Waals surface area contributed by atoms with Crippen LogP contribution in [0.2, 0.25) is 5.02 Å². The number of aromatic hydroxyl groups is 1. The molecule has 6 heteroatoms. The van der Waals surface area contributed by atoms with E-state index in [0.29, 0.717) is 22.0 Å². The maximum Gasteiger partial charge on any atom is 0.259 e. The third-order valence-electron chi connectivity index (χ3n) is 3.65. The molecule has 0 radical (unpaired) electrons. The van der Waals surface area contributed by atoms with Crippen LogP contribution in [0.5, 0.6) is 5.75 Å². The predicted octanol–water partition coefficient (Wildman–Crippen LogP) is 4.55. The second-order valence-electron chi connectivity index (χ2n) is 5.49. The second kappa shape index (κ2) is 7.72. The molecule has 130 valence electrons. The van der Waals surface area contributed by atoms with E-state index in [0.717, 1.165) is 0 Å². The third kappa shape index (κ3) is 4.02. The Bertz CT molecular complexity index is 898. The van der Waals surface area contributed by atoms with Crippen LogP contribution < -0.4 is 10.6 Å². The van der Waals surface area contributed by atoms with Crippen molar-refractivity contribution in [3.05, 3.63) is 88.9 Å². The molecule has 3 rings (SSSR count). The smallest absolute Gasteiger partial charge is 0.259 e. The van der Waals surface area contributed by atoms with E-state index in [4.69, 9.17) is 11.6 Å². The summed E-state index contributed by atoms with van der Waals surface area (Å²) in [5.74, 6) is -0.898. The van der Waals surface area contributed by atoms with E-state index in [-0.39, 0.29) is 17.2 Å². The summed E-state index contributed by atoms with van der Waals surface area (Å²) in [6.45, 7) is 0. The van der Waals surface area contributed by atoms with Gasteiger partial charge in [0.15, 0.2) is 0 Å². The Labute approximate surface area is 155 Å². The van der Waals surface area contributed by atoms with E-state index < -0.39 is 5.91 Å². The Hall–Kier alpha value is -3.31. The first-order valence-electron chi connectivity index (χ1n) is 7.80. The third-order valence-corrected chi connectivity index (χ3v) is 3.98. The predicted molar refractivity (Wildman–Crippen MR) is 102 cm³/mol. The molecule has 0 fully saturated rings. The van der Waals surface area contributed by atoms with Crippen molar-refractivity contribution in [2.24, 2.45) is 0 Å². The van der Waals surface area contributed by atoms with E-state index in [1.165, 1.54) is 12.1 Å². The van der Waals surface area contributed by atoms with Gasteiger partial charge in [0, 0.05) is 11.4 Å². The van der Waals surface area contributed by atoms with Gasteiger partial charge >= 0.3 is 0 Å². The monoisotopic (exact) mass is 366 g/mol. The Kier molecular flexibility index (Phi) is 5.20. The lowest BCUT2D eigenvalue weighted by molar-refractivity contribution is 0.101. The van der Waals surface area contributed by atoms with Crippen molar-refractivity contribution < 1.29 is 14.7 Å². The van der Waals surface area contributed by atoms with E-state index >= 15 is 0 Å². The first-order valence-corrected chi connectivity index (χ1v) is 8.17. The largest absolute Gasteiger partial charge is 0.507 e. The lowest BCUT2D eigenvalue weighted by atomic mass is 10.1. The molecule has 3 N–H and O–H groups in total. The van der Waals surface area contributed by atoms with Crippen LogP contribution in [0, 0.1) is 0 Å². The van der Waals surface area contributed by atoms with E-state index in [1.54, 1.807) is 60.7 Å². The van der Waals surface area contributed by atoms with Crippen molar-refractivity contribution in [2.75, 3.05) is 10.6 Å². The van der Waals surface area contributed by atoms with Crippen LogP contribution in [0.15, 0.2) is 72.8 Å². The van der Waals surface area contributed by atoms with Gasteiger partial charge in [0.25, 0.3) is 11.8 Å².